The fourth-order valence-electron chi connectivity index (χ4n) is 1.57. The minimum Gasteiger partial charge on any atom is -0.379 e. The molecule has 0 aliphatic carbocycles. The minimum atomic E-state index is 0.543. The van der Waals surface area contributed by atoms with Crippen LogP contribution >= 0.6 is 0 Å². The molecule has 1 rings (SSSR count). The maximum Gasteiger partial charge on any atom is 0.0623 e. The fraction of sp³-hybridized carbons (Fsp3) is 0.800. The van der Waals surface area contributed by atoms with Crippen LogP contribution in [-0.4, -0.2) is 25.8 Å². The third kappa shape index (κ3) is 3.37. The first-order chi connectivity index (χ1) is 5.83. The first kappa shape index (κ1) is 9.75. The van der Waals surface area contributed by atoms with E-state index in [1.54, 1.807) is 0 Å². The number of allylic oxidation sites excluding steroid dienone is 1. The van der Waals surface area contributed by atoms with Crippen LogP contribution < -0.4 is 5.32 Å². The monoisotopic (exact) mass is 169 g/mol. The van der Waals surface area contributed by atoms with Gasteiger partial charge in [0.1, 0.15) is 0 Å². The Morgan fingerprint density at radius 3 is 3.08 bits per heavy atom. The van der Waals surface area contributed by atoms with Gasteiger partial charge in [0.25, 0.3) is 0 Å². The summed E-state index contributed by atoms with van der Waals surface area (Å²) >= 11 is 0. The largest absolute Gasteiger partial charge is 0.379 e. The average Bonchev–Trinajstić information content (AvgIpc) is 2.06. The van der Waals surface area contributed by atoms with Gasteiger partial charge in [0.05, 0.1) is 13.2 Å². The van der Waals surface area contributed by atoms with Crippen molar-refractivity contribution in [1.82, 2.24) is 5.32 Å². The lowest BCUT2D eigenvalue weighted by molar-refractivity contribution is 0.0770. The average molecular weight is 169 g/mol. The third-order valence-corrected chi connectivity index (χ3v) is 2.12. The van der Waals surface area contributed by atoms with E-state index in [1.807, 2.05) is 0 Å². The lowest BCUT2D eigenvalue weighted by Crippen LogP contribution is -2.41. The number of hydrogen-bond acceptors (Lipinski definition) is 2. The van der Waals surface area contributed by atoms with Gasteiger partial charge in [-0.1, -0.05) is 18.6 Å². The summed E-state index contributed by atoms with van der Waals surface area (Å²) < 4.78 is 5.37. The molecule has 1 N–H and O–H groups in total. The number of nitrogens with one attached hydrogen (secondary N) is 1. The van der Waals surface area contributed by atoms with Gasteiger partial charge in [-0.25, -0.2) is 0 Å². The topological polar surface area (TPSA) is 21.3 Å². The molecule has 0 spiro atoms. The lowest BCUT2D eigenvalue weighted by atomic mass is 10.1. The second kappa shape index (κ2) is 5.33. The minimum absolute atomic E-state index is 0.543. The van der Waals surface area contributed by atoms with Gasteiger partial charge in [0, 0.05) is 12.6 Å². The van der Waals surface area contributed by atoms with Crippen LogP contribution in [0.3, 0.4) is 0 Å². The summed E-state index contributed by atoms with van der Waals surface area (Å²) in [5.74, 6) is 0. The molecular formula is C10H19NO. The molecule has 0 aromatic rings. The van der Waals surface area contributed by atoms with Crippen LogP contribution in [0.2, 0.25) is 0 Å². The van der Waals surface area contributed by atoms with E-state index in [0.717, 1.165) is 32.6 Å². The van der Waals surface area contributed by atoms with E-state index in [-0.39, 0.29) is 0 Å². The molecule has 1 atom stereocenters. The van der Waals surface area contributed by atoms with Gasteiger partial charge < -0.3 is 10.1 Å². The third-order valence-electron chi connectivity index (χ3n) is 2.12. The standard InChI is InChI=1S/C10H19NO/c1-3-4-9(2)7-10-8-12-6-5-11-10/h4,10-11H,3,5-8H2,1-2H3/b9-4-. The summed E-state index contributed by atoms with van der Waals surface area (Å²) in [5, 5.41) is 3.44. The van der Waals surface area contributed by atoms with Crippen molar-refractivity contribution in [2.75, 3.05) is 19.8 Å². The van der Waals surface area contributed by atoms with Crippen LogP contribution in [0, 0.1) is 0 Å². The zero-order valence-corrected chi connectivity index (χ0v) is 8.10. The van der Waals surface area contributed by atoms with E-state index in [1.165, 1.54) is 5.57 Å². The summed E-state index contributed by atoms with van der Waals surface area (Å²) in [7, 11) is 0. The van der Waals surface area contributed by atoms with E-state index in [4.69, 9.17) is 4.74 Å². The van der Waals surface area contributed by atoms with Crippen molar-refractivity contribution in [3.63, 3.8) is 0 Å². The van der Waals surface area contributed by atoms with Crippen molar-refractivity contribution in [2.24, 2.45) is 0 Å². The number of ether oxygens (including phenoxy) is 1. The van der Waals surface area contributed by atoms with Crippen LogP contribution in [0.1, 0.15) is 26.7 Å². The van der Waals surface area contributed by atoms with Gasteiger partial charge in [0.2, 0.25) is 0 Å². The molecule has 12 heavy (non-hydrogen) atoms. The van der Waals surface area contributed by atoms with Crippen molar-refractivity contribution in [1.29, 1.82) is 0 Å². The van der Waals surface area contributed by atoms with Crippen LogP contribution in [0.25, 0.3) is 0 Å². The van der Waals surface area contributed by atoms with Crippen LogP contribution in [-0.2, 0) is 4.74 Å². The second-order valence-corrected chi connectivity index (χ2v) is 3.39. The molecule has 0 bridgehead atoms. The highest BCUT2D eigenvalue weighted by atomic mass is 16.5. The second-order valence-electron chi connectivity index (χ2n) is 3.39. The van der Waals surface area contributed by atoms with Gasteiger partial charge in [0.15, 0.2) is 0 Å². The molecule has 1 heterocycles. The summed E-state index contributed by atoms with van der Waals surface area (Å²) in [6, 6.07) is 0.543. The molecule has 1 fully saturated rings. The van der Waals surface area contributed by atoms with Crippen molar-refractivity contribution in [2.45, 2.75) is 32.7 Å². The summed E-state index contributed by atoms with van der Waals surface area (Å²) in [6.07, 6.45) is 4.56. The van der Waals surface area contributed by atoms with Crippen molar-refractivity contribution >= 4 is 0 Å². The maximum atomic E-state index is 5.37. The molecular weight excluding hydrogens is 150 g/mol. The van der Waals surface area contributed by atoms with Crippen LogP contribution in [0.15, 0.2) is 11.6 Å². The smallest absolute Gasteiger partial charge is 0.0623 e. The van der Waals surface area contributed by atoms with E-state index in [9.17, 15) is 0 Å². The summed E-state index contributed by atoms with van der Waals surface area (Å²) in [4.78, 5) is 0. The molecule has 1 saturated heterocycles. The zero-order chi connectivity index (χ0) is 8.81. The molecule has 70 valence electrons. The molecule has 0 aromatic carbocycles. The Bertz CT molecular complexity index is 148. The van der Waals surface area contributed by atoms with Gasteiger partial charge in [-0.3, -0.25) is 0 Å². The van der Waals surface area contributed by atoms with E-state index < -0.39 is 0 Å². The van der Waals surface area contributed by atoms with E-state index in [2.05, 4.69) is 25.2 Å². The Morgan fingerprint density at radius 2 is 2.50 bits per heavy atom. The molecule has 0 aromatic heterocycles. The number of rotatable bonds is 3. The molecule has 1 unspecified atom stereocenters. The Hall–Kier alpha value is -0.340. The lowest BCUT2D eigenvalue weighted by Gasteiger charge is -2.23. The van der Waals surface area contributed by atoms with Crippen molar-refractivity contribution in [3.8, 4) is 0 Å². The maximum absolute atomic E-state index is 5.37. The number of morpholine rings is 1. The molecule has 0 amide bonds. The van der Waals surface area contributed by atoms with Gasteiger partial charge >= 0.3 is 0 Å². The quantitative estimate of drug-likeness (QED) is 0.649. The highest BCUT2D eigenvalue weighted by Gasteiger charge is 2.12. The Labute approximate surface area is 75.0 Å². The molecule has 2 nitrogen and oxygen atoms in total. The molecule has 1 aliphatic rings. The number of hydrogen-bond donors (Lipinski definition) is 1. The van der Waals surface area contributed by atoms with Crippen molar-refractivity contribution < 1.29 is 4.74 Å². The van der Waals surface area contributed by atoms with E-state index in [0.29, 0.717) is 6.04 Å². The highest BCUT2D eigenvalue weighted by molar-refractivity contribution is 5.00. The van der Waals surface area contributed by atoms with E-state index >= 15 is 0 Å². The highest BCUT2D eigenvalue weighted by Crippen LogP contribution is 2.07. The molecule has 0 radical (unpaired) electrons. The van der Waals surface area contributed by atoms with Gasteiger partial charge in [-0.15, -0.1) is 0 Å². The van der Waals surface area contributed by atoms with Crippen molar-refractivity contribution in [3.05, 3.63) is 11.6 Å². The molecule has 1 aliphatic heterocycles. The fourth-order valence-corrected chi connectivity index (χ4v) is 1.57. The molecule has 0 saturated carbocycles. The summed E-state index contributed by atoms with van der Waals surface area (Å²) in [5.41, 5.74) is 1.47. The Kier molecular flexibility index (Phi) is 4.33. The van der Waals surface area contributed by atoms with Crippen LogP contribution in [0.4, 0.5) is 0 Å². The SMILES string of the molecule is CC/C=C(/C)CC1COCCN1. The molecule has 2 heteroatoms. The van der Waals surface area contributed by atoms with Gasteiger partial charge in [-0.05, 0) is 19.8 Å². The predicted molar refractivity (Wildman–Crippen MR) is 51.3 cm³/mol. The normalized spacial score (nSPS) is 25.8. The Morgan fingerprint density at radius 1 is 1.67 bits per heavy atom. The van der Waals surface area contributed by atoms with Gasteiger partial charge in [-0.2, -0.15) is 0 Å². The summed E-state index contributed by atoms with van der Waals surface area (Å²) in [6.45, 7) is 7.11. The predicted octanol–water partition coefficient (Wildman–Crippen LogP) is 1.72. The Balaban J connectivity index is 2.24. The zero-order valence-electron chi connectivity index (χ0n) is 8.10. The van der Waals surface area contributed by atoms with Crippen LogP contribution in [0.5, 0.6) is 0 Å². The first-order valence-corrected chi connectivity index (χ1v) is 4.79. The first-order valence-electron chi connectivity index (χ1n) is 4.79.